The van der Waals surface area contributed by atoms with Crippen LogP contribution < -0.4 is 5.73 Å². The van der Waals surface area contributed by atoms with Crippen LogP contribution in [-0.2, 0) is 0 Å². The molecule has 0 fully saturated rings. The standard InChI is InChI=1S/C13H16N2O2/c1-9-10(5-7-17-9)13(16)11(8-14)12-4-2-3-6-15-12/h2-7,11,13,16H,8,14H2,1H3. The number of furan rings is 1. The van der Waals surface area contributed by atoms with Gasteiger partial charge in [-0.1, -0.05) is 6.07 Å². The first-order valence-electron chi connectivity index (χ1n) is 5.57. The zero-order valence-electron chi connectivity index (χ0n) is 9.71. The summed E-state index contributed by atoms with van der Waals surface area (Å²) in [5.74, 6) is 0.499. The minimum Gasteiger partial charge on any atom is -0.469 e. The maximum absolute atomic E-state index is 10.3. The highest BCUT2D eigenvalue weighted by Gasteiger charge is 2.24. The Hall–Kier alpha value is -1.65. The molecule has 0 radical (unpaired) electrons. The van der Waals surface area contributed by atoms with E-state index in [0.717, 1.165) is 11.3 Å². The number of aliphatic hydroxyl groups is 1. The van der Waals surface area contributed by atoms with Gasteiger partial charge < -0.3 is 15.3 Å². The number of aryl methyl sites for hydroxylation is 1. The second-order valence-corrected chi connectivity index (χ2v) is 3.97. The molecule has 0 aliphatic heterocycles. The fourth-order valence-electron chi connectivity index (χ4n) is 1.93. The van der Waals surface area contributed by atoms with Gasteiger partial charge in [0, 0.05) is 29.9 Å². The lowest BCUT2D eigenvalue weighted by molar-refractivity contribution is 0.144. The Kier molecular flexibility index (Phi) is 3.56. The Morgan fingerprint density at radius 1 is 1.41 bits per heavy atom. The van der Waals surface area contributed by atoms with Gasteiger partial charge >= 0.3 is 0 Å². The maximum atomic E-state index is 10.3. The molecule has 2 unspecified atom stereocenters. The number of aromatic nitrogens is 1. The monoisotopic (exact) mass is 232 g/mol. The Morgan fingerprint density at radius 3 is 2.76 bits per heavy atom. The SMILES string of the molecule is Cc1occc1C(O)C(CN)c1ccccn1. The molecule has 3 N–H and O–H groups in total. The van der Waals surface area contributed by atoms with E-state index in [0.29, 0.717) is 12.3 Å². The van der Waals surface area contributed by atoms with Crippen LogP contribution in [0.2, 0.25) is 0 Å². The molecule has 4 heteroatoms. The molecule has 2 rings (SSSR count). The first kappa shape index (κ1) is 11.8. The third-order valence-electron chi connectivity index (χ3n) is 2.92. The van der Waals surface area contributed by atoms with Gasteiger partial charge in [0.1, 0.15) is 5.76 Å². The van der Waals surface area contributed by atoms with Crippen LogP contribution in [0.4, 0.5) is 0 Å². The van der Waals surface area contributed by atoms with Gasteiger partial charge in [0.15, 0.2) is 0 Å². The second-order valence-electron chi connectivity index (χ2n) is 3.97. The zero-order valence-corrected chi connectivity index (χ0v) is 9.71. The Bertz CT molecular complexity index is 467. The average molecular weight is 232 g/mol. The normalized spacial score (nSPS) is 14.5. The van der Waals surface area contributed by atoms with Crippen molar-refractivity contribution >= 4 is 0 Å². The molecule has 0 saturated carbocycles. The summed E-state index contributed by atoms with van der Waals surface area (Å²) in [4.78, 5) is 4.24. The van der Waals surface area contributed by atoms with E-state index in [1.165, 1.54) is 0 Å². The third-order valence-corrected chi connectivity index (χ3v) is 2.92. The van der Waals surface area contributed by atoms with Gasteiger partial charge in [-0.25, -0.2) is 0 Å². The Morgan fingerprint density at radius 2 is 2.24 bits per heavy atom. The van der Waals surface area contributed by atoms with Crippen LogP contribution in [0.3, 0.4) is 0 Å². The quantitative estimate of drug-likeness (QED) is 0.842. The lowest BCUT2D eigenvalue weighted by Gasteiger charge is -2.20. The van der Waals surface area contributed by atoms with E-state index in [-0.39, 0.29) is 5.92 Å². The van der Waals surface area contributed by atoms with Crippen molar-refractivity contribution in [1.29, 1.82) is 0 Å². The smallest absolute Gasteiger partial charge is 0.106 e. The number of hydrogen-bond donors (Lipinski definition) is 2. The number of aliphatic hydroxyl groups excluding tert-OH is 1. The van der Waals surface area contributed by atoms with E-state index in [4.69, 9.17) is 10.2 Å². The summed E-state index contributed by atoms with van der Waals surface area (Å²) >= 11 is 0. The van der Waals surface area contributed by atoms with Crippen LogP contribution in [0.1, 0.15) is 29.0 Å². The molecular weight excluding hydrogens is 216 g/mol. The van der Waals surface area contributed by atoms with Gasteiger partial charge in [0.05, 0.1) is 12.4 Å². The van der Waals surface area contributed by atoms with Gasteiger partial charge in [-0.05, 0) is 25.1 Å². The van der Waals surface area contributed by atoms with Gasteiger partial charge in [-0.2, -0.15) is 0 Å². The fourth-order valence-corrected chi connectivity index (χ4v) is 1.93. The number of rotatable bonds is 4. The third kappa shape index (κ3) is 2.38. The van der Waals surface area contributed by atoms with Crippen molar-refractivity contribution in [3.05, 3.63) is 53.7 Å². The van der Waals surface area contributed by atoms with Crippen LogP contribution >= 0.6 is 0 Å². The van der Waals surface area contributed by atoms with Crippen LogP contribution in [0, 0.1) is 6.92 Å². The second kappa shape index (κ2) is 5.12. The summed E-state index contributed by atoms with van der Waals surface area (Å²) in [7, 11) is 0. The molecule has 90 valence electrons. The molecule has 0 aliphatic rings. The van der Waals surface area contributed by atoms with Gasteiger partial charge in [0.2, 0.25) is 0 Å². The first-order valence-corrected chi connectivity index (χ1v) is 5.57. The predicted octanol–water partition coefficient (Wildman–Crippen LogP) is 1.76. The fraction of sp³-hybridized carbons (Fsp3) is 0.308. The van der Waals surface area contributed by atoms with E-state index >= 15 is 0 Å². The van der Waals surface area contributed by atoms with Crippen LogP contribution in [-0.4, -0.2) is 16.6 Å². The molecule has 2 heterocycles. The molecule has 17 heavy (non-hydrogen) atoms. The molecule has 2 aromatic heterocycles. The highest BCUT2D eigenvalue weighted by molar-refractivity contribution is 5.24. The lowest BCUT2D eigenvalue weighted by Crippen LogP contribution is -2.21. The lowest BCUT2D eigenvalue weighted by atomic mass is 9.93. The summed E-state index contributed by atoms with van der Waals surface area (Å²) < 4.78 is 5.19. The van der Waals surface area contributed by atoms with Gasteiger partial charge in [-0.15, -0.1) is 0 Å². The molecule has 2 atom stereocenters. The molecule has 0 aliphatic carbocycles. The molecule has 0 saturated heterocycles. The minimum atomic E-state index is -0.686. The van der Waals surface area contributed by atoms with Crippen LogP contribution in [0.25, 0.3) is 0 Å². The number of hydrogen-bond acceptors (Lipinski definition) is 4. The minimum absolute atomic E-state index is 0.215. The van der Waals surface area contributed by atoms with Crippen molar-refractivity contribution in [1.82, 2.24) is 4.98 Å². The summed E-state index contributed by atoms with van der Waals surface area (Å²) in [6.07, 6.45) is 2.58. The average Bonchev–Trinajstić information content (AvgIpc) is 2.77. The molecular formula is C13H16N2O2. The Balaban J connectivity index is 2.28. The van der Waals surface area contributed by atoms with Crippen LogP contribution in [0.5, 0.6) is 0 Å². The highest BCUT2D eigenvalue weighted by Crippen LogP contribution is 2.31. The van der Waals surface area contributed by atoms with Crippen molar-refractivity contribution in [2.75, 3.05) is 6.54 Å². The van der Waals surface area contributed by atoms with Crippen molar-refractivity contribution < 1.29 is 9.52 Å². The number of nitrogens with two attached hydrogens (primary N) is 1. The molecule has 0 aromatic carbocycles. The van der Waals surface area contributed by atoms with E-state index < -0.39 is 6.10 Å². The molecule has 4 nitrogen and oxygen atoms in total. The topological polar surface area (TPSA) is 72.3 Å². The largest absolute Gasteiger partial charge is 0.469 e. The summed E-state index contributed by atoms with van der Waals surface area (Å²) in [5, 5.41) is 10.3. The van der Waals surface area contributed by atoms with E-state index in [1.807, 2.05) is 25.1 Å². The van der Waals surface area contributed by atoms with Crippen LogP contribution in [0.15, 0.2) is 41.1 Å². The van der Waals surface area contributed by atoms with Gasteiger partial charge in [-0.3, -0.25) is 4.98 Å². The zero-order chi connectivity index (χ0) is 12.3. The Labute approximate surface area is 100 Å². The highest BCUT2D eigenvalue weighted by atomic mass is 16.3. The number of pyridine rings is 1. The van der Waals surface area contributed by atoms with E-state index in [9.17, 15) is 5.11 Å². The van der Waals surface area contributed by atoms with E-state index in [2.05, 4.69) is 4.98 Å². The van der Waals surface area contributed by atoms with Crippen molar-refractivity contribution in [2.24, 2.45) is 5.73 Å². The molecule has 2 aromatic rings. The number of nitrogens with zero attached hydrogens (tertiary/aromatic N) is 1. The van der Waals surface area contributed by atoms with Gasteiger partial charge in [0.25, 0.3) is 0 Å². The van der Waals surface area contributed by atoms with Crippen molar-refractivity contribution in [3.63, 3.8) is 0 Å². The summed E-state index contributed by atoms with van der Waals surface area (Å²) in [6.45, 7) is 2.16. The van der Waals surface area contributed by atoms with Crippen molar-refractivity contribution in [2.45, 2.75) is 18.9 Å². The maximum Gasteiger partial charge on any atom is 0.106 e. The molecule has 0 spiro atoms. The van der Waals surface area contributed by atoms with E-state index in [1.54, 1.807) is 18.5 Å². The summed E-state index contributed by atoms with van der Waals surface area (Å²) in [6, 6.07) is 7.37. The molecule has 0 bridgehead atoms. The molecule has 0 amide bonds. The predicted molar refractivity (Wildman–Crippen MR) is 64.4 cm³/mol. The summed E-state index contributed by atoms with van der Waals surface area (Å²) in [5.41, 5.74) is 7.30. The van der Waals surface area contributed by atoms with Crippen molar-refractivity contribution in [3.8, 4) is 0 Å². The first-order chi connectivity index (χ1) is 8.24.